The van der Waals surface area contributed by atoms with Crippen LogP contribution in [0.1, 0.15) is 31.7 Å². The molecule has 0 spiro atoms. The van der Waals surface area contributed by atoms with E-state index in [2.05, 4.69) is 30.3 Å². The summed E-state index contributed by atoms with van der Waals surface area (Å²) in [6.45, 7) is 1.98. The Kier molecular flexibility index (Phi) is 4.84. The number of amides is 1. The molecule has 0 heterocycles. The topological polar surface area (TPSA) is 57.6 Å². The van der Waals surface area contributed by atoms with E-state index >= 15 is 0 Å². The standard InChI is InChI=1S/C20H23NO3/c1-14(20(23)24)13-21(18-9-10-18)19(22)11-7-15-6-8-16-4-2-3-5-17(16)12-15/h2-6,8,12,14,18H,7,9-11,13H2,1H3,(H,23,24). The minimum Gasteiger partial charge on any atom is -0.481 e. The average Bonchev–Trinajstić information content (AvgIpc) is 3.41. The van der Waals surface area contributed by atoms with E-state index in [1.54, 1.807) is 11.8 Å². The molecule has 1 fully saturated rings. The third-order valence-electron chi connectivity index (χ3n) is 4.64. The van der Waals surface area contributed by atoms with Gasteiger partial charge < -0.3 is 10.0 Å². The van der Waals surface area contributed by atoms with Gasteiger partial charge in [0.25, 0.3) is 0 Å². The Hall–Kier alpha value is -2.36. The van der Waals surface area contributed by atoms with Crippen LogP contribution < -0.4 is 0 Å². The molecule has 0 bridgehead atoms. The molecule has 4 heteroatoms. The molecule has 1 unspecified atom stereocenters. The van der Waals surface area contributed by atoms with E-state index in [4.69, 9.17) is 5.11 Å². The molecular weight excluding hydrogens is 302 g/mol. The minimum atomic E-state index is -0.844. The molecule has 0 radical (unpaired) electrons. The summed E-state index contributed by atoms with van der Waals surface area (Å²) >= 11 is 0. The molecule has 126 valence electrons. The number of carbonyl (C=O) groups excluding carboxylic acids is 1. The average molecular weight is 325 g/mol. The van der Waals surface area contributed by atoms with Crippen LogP contribution in [-0.2, 0) is 16.0 Å². The summed E-state index contributed by atoms with van der Waals surface area (Å²) < 4.78 is 0. The molecule has 1 N–H and O–H groups in total. The summed E-state index contributed by atoms with van der Waals surface area (Å²) in [6, 6.07) is 14.7. The van der Waals surface area contributed by atoms with Gasteiger partial charge in [0, 0.05) is 19.0 Å². The highest BCUT2D eigenvalue weighted by Gasteiger charge is 2.34. The lowest BCUT2D eigenvalue weighted by Crippen LogP contribution is -2.38. The number of rotatable bonds is 7. The van der Waals surface area contributed by atoms with Gasteiger partial charge in [0.05, 0.1) is 5.92 Å². The summed E-state index contributed by atoms with van der Waals surface area (Å²) in [4.78, 5) is 25.4. The van der Waals surface area contributed by atoms with Crippen LogP contribution in [0, 0.1) is 5.92 Å². The predicted molar refractivity (Wildman–Crippen MR) is 93.8 cm³/mol. The molecule has 1 aliphatic carbocycles. The Morgan fingerprint density at radius 3 is 2.54 bits per heavy atom. The van der Waals surface area contributed by atoms with Crippen LogP contribution in [0.3, 0.4) is 0 Å². The van der Waals surface area contributed by atoms with Crippen molar-refractivity contribution in [2.75, 3.05) is 6.54 Å². The first-order valence-electron chi connectivity index (χ1n) is 8.54. The zero-order valence-electron chi connectivity index (χ0n) is 13.9. The highest BCUT2D eigenvalue weighted by atomic mass is 16.4. The van der Waals surface area contributed by atoms with Crippen LogP contribution in [0.15, 0.2) is 42.5 Å². The fraction of sp³-hybridized carbons (Fsp3) is 0.400. The first-order valence-corrected chi connectivity index (χ1v) is 8.54. The van der Waals surface area contributed by atoms with Gasteiger partial charge in [-0.25, -0.2) is 0 Å². The van der Waals surface area contributed by atoms with E-state index in [1.807, 2.05) is 12.1 Å². The van der Waals surface area contributed by atoms with Crippen LogP contribution in [-0.4, -0.2) is 34.5 Å². The maximum atomic E-state index is 12.6. The van der Waals surface area contributed by atoms with Gasteiger partial charge in [-0.15, -0.1) is 0 Å². The number of aryl methyl sites for hydroxylation is 1. The van der Waals surface area contributed by atoms with Crippen molar-refractivity contribution in [3.63, 3.8) is 0 Å². The molecule has 3 rings (SSSR count). The Morgan fingerprint density at radius 1 is 1.17 bits per heavy atom. The molecule has 2 aromatic carbocycles. The maximum absolute atomic E-state index is 12.6. The van der Waals surface area contributed by atoms with Gasteiger partial charge in [-0.05, 0) is 35.6 Å². The Balaban J connectivity index is 1.63. The molecule has 0 aromatic heterocycles. The molecule has 24 heavy (non-hydrogen) atoms. The van der Waals surface area contributed by atoms with Gasteiger partial charge in [0.2, 0.25) is 5.91 Å². The van der Waals surface area contributed by atoms with Crippen molar-refractivity contribution in [3.05, 3.63) is 48.0 Å². The number of nitrogens with zero attached hydrogens (tertiary/aromatic N) is 1. The van der Waals surface area contributed by atoms with Gasteiger partial charge in [-0.2, -0.15) is 0 Å². The van der Waals surface area contributed by atoms with E-state index in [9.17, 15) is 9.59 Å². The first-order chi connectivity index (χ1) is 11.5. The first kappa shape index (κ1) is 16.5. The summed E-state index contributed by atoms with van der Waals surface area (Å²) in [6.07, 6.45) is 3.11. The SMILES string of the molecule is CC(CN(C(=O)CCc1ccc2ccccc2c1)C1CC1)C(=O)O. The zero-order chi connectivity index (χ0) is 17.1. The van der Waals surface area contributed by atoms with Gasteiger partial charge in [0.15, 0.2) is 0 Å². The second-order valence-electron chi connectivity index (χ2n) is 6.70. The lowest BCUT2D eigenvalue weighted by Gasteiger charge is -2.24. The summed E-state index contributed by atoms with van der Waals surface area (Å²) in [5, 5.41) is 11.5. The van der Waals surface area contributed by atoms with Crippen molar-refractivity contribution in [1.29, 1.82) is 0 Å². The molecule has 1 amide bonds. The number of aliphatic carboxylic acids is 1. The number of benzene rings is 2. The quantitative estimate of drug-likeness (QED) is 0.848. The third-order valence-corrected chi connectivity index (χ3v) is 4.64. The van der Waals surface area contributed by atoms with Crippen LogP contribution in [0.5, 0.6) is 0 Å². The highest BCUT2D eigenvalue weighted by Crippen LogP contribution is 2.28. The molecular formula is C20H23NO3. The van der Waals surface area contributed by atoms with E-state index < -0.39 is 11.9 Å². The fourth-order valence-corrected chi connectivity index (χ4v) is 3.00. The van der Waals surface area contributed by atoms with Crippen molar-refractivity contribution in [2.24, 2.45) is 5.92 Å². The molecule has 0 saturated heterocycles. The van der Waals surface area contributed by atoms with E-state index in [0.717, 1.165) is 18.4 Å². The lowest BCUT2D eigenvalue weighted by molar-refractivity contribution is -0.143. The molecule has 1 saturated carbocycles. The lowest BCUT2D eigenvalue weighted by atomic mass is 10.0. The number of carboxylic acids is 1. The fourth-order valence-electron chi connectivity index (χ4n) is 3.00. The molecule has 0 aliphatic heterocycles. The highest BCUT2D eigenvalue weighted by molar-refractivity contribution is 5.83. The van der Waals surface area contributed by atoms with Crippen LogP contribution in [0.25, 0.3) is 10.8 Å². The normalized spacial score (nSPS) is 15.2. The zero-order valence-corrected chi connectivity index (χ0v) is 13.9. The van der Waals surface area contributed by atoms with Crippen molar-refractivity contribution in [3.8, 4) is 0 Å². The van der Waals surface area contributed by atoms with Crippen molar-refractivity contribution < 1.29 is 14.7 Å². The Bertz CT molecular complexity index is 751. The van der Waals surface area contributed by atoms with Crippen LogP contribution in [0.4, 0.5) is 0 Å². The molecule has 2 aromatic rings. The number of hydrogen-bond donors (Lipinski definition) is 1. The third kappa shape index (κ3) is 3.94. The van der Waals surface area contributed by atoms with E-state index in [1.165, 1.54) is 10.8 Å². The Morgan fingerprint density at radius 2 is 1.88 bits per heavy atom. The molecule has 4 nitrogen and oxygen atoms in total. The monoisotopic (exact) mass is 325 g/mol. The Labute approximate surface area is 142 Å². The summed E-state index contributed by atoms with van der Waals surface area (Å²) in [5.41, 5.74) is 1.14. The van der Waals surface area contributed by atoms with Crippen molar-refractivity contribution in [2.45, 2.75) is 38.6 Å². The van der Waals surface area contributed by atoms with Gasteiger partial charge in [-0.1, -0.05) is 49.4 Å². The van der Waals surface area contributed by atoms with E-state index in [-0.39, 0.29) is 11.9 Å². The smallest absolute Gasteiger partial charge is 0.308 e. The number of carbonyl (C=O) groups is 2. The number of hydrogen-bond acceptors (Lipinski definition) is 2. The van der Waals surface area contributed by atoms with Crippen LogP contribution in [0.2, 0.25) is 0 Å². The largest absolute Gasteiger partial charge is 0.481 e. The molecule has 1 atom stereocenters. The maximum Gasteiger partial charge on any atom is 0.308 e. The summed E-state index contributed by atoms with van der Waals surface area (Å²) in [5.74, 6) is -1.29. The van der Waals surface area contributed by atoms with Gasteiger partial charge in [-0.3, -0.25) is 9.59 Å². The molecule has 1 aliphatic rings. The number of carboxylic acid groups (broad SMARTS) is 1. The second kappa shape index (κ2) is 7.04. The van der Waals surface area contributed by atoms with Crippen molar-refractivity contribution in [1.82, 2.24) is 4.90 Å². The minimum absolute atomic E-state index is 0.0683. The number of fused-ring (bicyclic) bond motifs is 1. The summed E-state index contributed by atoms with van der Waals surface area (Å²) in [7, 11) is 0. The van der Waals surface area contributed by atoms with Crippen molar-refractivity contribution >= 4 is 22.6 Å². The second-order valence-corrected chi connectivity index (χ2v) is 6.70. The predicted octanol–water partition coefficient (Wildman–Crippen LogP) is 3.48. The van der Waals surface area contributed by atoms with E-state index in [0.29, 0.717) is 19.4 Å². The van der Waals surface area contributed by atoms with Gasteiger partial charge >= 0.3 is 5.97 Å². The van der Waals surface area contributed by atoms with Crippen LogP contribution >= 0.6 is 0 Å². The van der Waals surface area contributed by atoms with Gasteiger partial charge in [0.1, 0.15) is 0 Å².